The number of hydrogen-bond donors (Lipinski definition) is 7. The summed E-state index contributed by atoms with van der Waals surface area (Å²) in [7, 11) is 0. The van der Waals surface area contributed by atoms with Crippen LogP contribution >= 0.6 is 0 Å². The number of primary amides is 1. The van der Waals surface area contributed by atoms with Crippen molar-refractivity contribution in [3.05, 3.63) is 36.0 Å². The maximum absolute atomic E-state index is 13.5. The van der Waals surface area contributed by atoms with Crippen LogP contribution in [-0.4, -0.2) is 81.8 Å². The van der Waals surface area contributed by atoms with Gasteiger partial charge >= 0.3 is 5.97 Å². The largest absolute Gasteiger partial charge is 0.480 e. The zero-order valence-electron chi connectivity index (χ0n) is 21.7. The SMILES string of the molecule is NCCCCC(NC(=O)C(N)CC(N)=O)C(=O)N1CCCC1C(=O)NC(Cc1c[nH]c2ccccc12)C(=O)O. The van der Waals surface area contributed by atoms with Crippen molar-refractivity contribution < 1.29 is 29.1 Å². The first kappa shape index (κ1) is 29.6. The Hall–Kier alpha value is -3.97. The average Bonchev–Trinajstić information content (AvgIpc) is 3.54. The van der Waals surface area contributed by atoms with Crippen molar-refractivity contribution in [2.45, 2.75) is 69.1 Å². The van der Waals surface area contributed by atoms with Gasteiger partial charge in [0.25, 0.3) is 0 Å². The summed E-state index contributed by atoms with van der Waals surface area (Å²) >= 11 is 0. The highest BCUT2D eigenvalue weighted by Crippen LogP contribution is 2.22. The molecule has 2 aromatic rings. The Bertz CT molecular complexity index is 1200. The van der Waals surface area contributed by atoms with Crippen LogP contribution < -0.4 is 27.8 Å². The van der Waals surface area contributed by atoms with E-state index < -0.39 is 53.8 Å². The van der Waals surface area contributed by atoms with Crippen molar-refractivity contribution in [2.75, 3.05) is 13.1 Å². The number of fused-ring (bicyclic) bond motifs is 1. The molecule has 0 radical (unpaired) electrons. The maximum Gasteiger partial charge on any atom is 0.326 e. The Morgan fingerprint density at radius 3 is 2.54 bits per heavy atom. The normalized spacial score (nSPS) is 17.4. The fraction of sp³-hybridized carbons (Fsp3) is 0.500. The number of nitrogens with two attached hydrogens (primary N) is 3. The lowest BCUT2D eigenvalue weighted by atomic mass is 10.0. The highest BCUT2D eigenvalue weighted by Gasteiger charge is 2.39. The van der Waals surface area contributed by atoms with Crippen LogP contribution in [-0.2, 0) is 30.4 Å². The van der Waals surface area contributed by atoms with Gasteiger partial charge in [-0.25, -0.2) is 4.79 Å². The van der Waals surface area contributed by atoms with E-state index in [1.807, 2.05) is 24.3 Å². The van der Waals surface area contributed by atoms with Crippen molar-refractivity contribution in [3.63, 3.8) is 0 Å². The minimum atomic E-state index is -1.22. The van der Waals surface area contributed by atoms with Crippen LogP contribution in [0.3, 0.4) is 0 Å². The van der Waals surface area contributed by atoms with Gasteiger partial charge in [-0.3, -0.25) is 19.2 Å². The van der Waals surface area contributed by atoms with E-state index in [0.29, 0.717) is 32.2 Å². The first-order chi connectivity index (χ1) is 18.6. The molecule has 39 heavy (non-hydrogen) atoms. The van der Waals surface area contributed by atoms with Crippen LogP contribution in [0.15, 0.2) is 30.5 Å². The van der Waals surface area contributed by atoms with E-state index in [1.165, 1.54) is 4.90 Å². The Labute approximate surface area is 225 Å². The van der Waals surface area contributed by atoms with Crippen LogP contribution in [0.2, 0.25) is 0 Å². The summed E-state index contributed by atoms with van der Waals surface area (Å²) in [4.78, 5) is 66.9. The molecule has 1 saturated heterocycles. The first-order valence-electron chi connectivity index (χ1n) is 13.0. The fourth-order valence-electron chi connectivity index (χ4n) is 4.83. The van der Waals surface area contributed by atoms with E-state index in [4.69, 9.17) is 17.2 Å². The summed E-state index contributed by atoms with van der Waals surface area (Å²) in [6, 6.07) is 3.15. The number of aromatic amines is 1. The van der Waals surface area contributed by atoms with Crippen molar-refractivity contribution in [1.82, 2.24) is 20.5 Å². The molecule has 13 nitrogen and oxygen atoms in total. The number of carbonyl (C=O) groups excluding carboxylic acids is 4. The van der Waals surface area contributed by atoms with Gasteiger partial charge < -0.3 is 42.8 Å². The minimum absolute atomic E-state index is 0.0568. The van der Waals surface area contributed by atoms with Gasteiger partial charge in [0.15, 0.2) is 0 Å². The number of likely N-dealkylation sites (tertiary alicyclic amines) is 1. The van der Waals surface area contributed by atoms with Crippen molar-refractivity contribution in [1.29, 1.82) is 0 Å². The summed E-state index contributed by atoms with van der Waals surface area (Å²) in [6.45, 7) is 0.672. The zero-order valence-corrected chi connectivity index (χ0v) is 21.7. The number of rotatable bonds is 14. The Kier molecular flexibility index (Phi) is 10.4. The summed E-state index contributed by atoms with van der Waals surface area (Å²) in [5.74, 6) is -3.71. The molecule has 10 N–H and O–H groups in total. The van der Waals surface area contributed by atoms with E-state index in [-0.39, 0.29) is 25.8 Å². The summed E-state index contributed by atoms with van der Waals surface area (Å²) < 4.78 is 0. The van der Waals surface area contributed by atoms with Crippen LogP contribution in [0, 0.1) is 0 Å². The van der Waals surface area contributed by atoms with E-state index >= 15 is 0 Å². The number of para-hydroxylation sites is 1. The van der Waals surface area contributed by atoms with E-state index in [1.54, 1.807) is 6.20 Å². The molecule has 0 spiro atoms. The predicted molar refractivity (Wildman–Crippen MR) is 143 cm³/mol. The number of nitrogens with zero attached hydrogens (tertiary/aromatic N) is 1. The standard InChI is InChI=1S/C26H37N7O6/c27-10-4-3-8-19(31-23(35)17(28)13-22(29)34)25(37)33-11-5-9-21(33)24(36)32-20(26(38)39)12-15-14-30-18-7-2-1-6-16(15)18/h1-2,6-7,14,17,19-21,30H,3-5,8-13,27-28H2,(H2,29,34)(H,31,35)(H,32,36)(H,38,39). The van der Waals surface area contributed by atoms with Gasteiger partial charge in [-0.1, -0.05) is 18.2 Å². The van der Waals surface area contributed by atoms with E-state index in [2.05, 4.69) is 15.6 Å². The molecule has 4 atom stereocenters. The number of benzene rings is 1. The number of unbranched alkanes of at least 4 members (excludes halogenated alkanes) is 1. The summed E-state index contributed by atoms with van der Waals surface area (Å²) in [6.07, 6.45) is 3.69. The third-order valence-electron chi connectivity index (χ3n) is 6.87. The number of carbonyl (C=O) groups is 5. The molecular weight excluding hydrogens is 506 g/mol. The lowest BCUT2D eigenvalue weighted by Gasteiger charge is -2.30. The van der Waals surface area contributed by atoms with Gasteiger partial charge in [-0.15, -0.1) is 0 Å². The second-order valence-corrected chi connectivity index (χ2v) is 9.78. The monoisotopic (exact) mass is 543 g/mol. The Balaban J connectivity index is 1.71. The van der Waals surface area contributed by atoms with E-state index in [9.17, 15) is 29.1 Å². The number of carboxylic acids is 1. The van der Waals surface area contributed by atoms with Gasteiger partial charge in [-0.05, 0) is 50.3 Å². The van der Waals surface area contributed by atoms with Crippen molar-refractivity contribution in [2.24, 2.45) is 17.2 Å². The Morgan fingerprint density at radius 2 is 1.85 bits per heavy atom. The molecule has 0 saturated carbocycles. The summed E-state index contributed by atoms with van der Waals surface area (Å²) in [5, 5.41) is 15.9. The lowest BCUT2D eigenvalue weighted by molar-refractivity contribution is -0.145. The molecule has 3 rings (SSSR count). The number of aromatic nitrogens is 1. The second-order valence-electron chi connectivity index (χ2n) is 9.78. The number of carboxylic acid groups (broad SMARTS) is 1. The number of nitrogens with one attached hydrogen (secondary N) is 3. The van der Waals surface area contributed by atoms with Crippen LogP contribution in [0.5, 0.6) is 0 Å². The molecule has 2 heterocycles. The van der Waals surface area contributed by atoms with Gasteiger partial charge in [0.2, 0.25) is 23.6 Å². The topological polar surface area (TPSA) is 227 Å². The quantitative estimate of drug-likeness (QED) is 0.147. The molecule has 1 fully saturated rings. The summed E-state index contributed by atoms with van der Waals surface area (Å²) in [5.41, 5.74) is 18.0. The van der Waals surface area contributed by atoms with Gasteiger partial charge in [0.05, 0.1) is 12.5 Å². The van der Waals surface area contributed by atoms with E-state index in [0.717, 1.165) is 16.5 Å². The highest BCUT2D eigenvalue weighted by atomic mass is 16.4. The smallest absolute Gasteiger partial charge is 0.326 e. The van der Waals surface area contributed by atoms with Crippen LogP contribution in [0.25, 0.3) is 10.9 Å². The molecule has 0 bridgehead atoms. The van der Waals surface area contributed by atoms with Gasteiger partial charge in [0.1, 0.15) is 18.1 Å². The third-order valence-corrected chi connectivity index (χ3v) is 6.87. The number of H-pyrrole nitrogens is 1. The van der Waals surface area contributed by atoms with Crippen LogP contribution in [0.4, 0.5) is 0 Å². The molecule has 1 aliphatic rings. The molecule has 212 valence electrons. The molecular formula is C26H37N7O6. The van der Waals surface area contributed by atoms with Gasteiger partial charge in [0, 0.05) is 30.1 Å². The van der Waals surface area contributed by atoms with Crippen molar-refractivity contribution >= 4 is 40.5 Å². The number of amides is 4. The molecule has 0 aliphatic carbocycles. The maximum atomic E-state index is 13.5. The van der Waals surface area contributed by atoms with Crippen molar-refractivity contribution in [3.8, 4) is 0 Å². The second kappa shape index (κ2) is 13.7. The number of hydrogen-bond acceptors (Lipinski definition) is 7. The zero-order chi connectivity index (χ0) is 28.5. The molecule has 4 amide bonds. The molecule has 1 aromatic carbocycles. The Morgan fingerprint density at radius 1 is 1.10 bits per heavy atom. The number of aliphatic carboxylic acids is 1. The third kappa shape index (κ3) is 7.77. The fourth-order valence-corrected chi connectivity index (χ4v) is 4.83. The first-order valence-corrected chi connectivity index (χ1v) is 13.0. The van der Waals surface area contributed by atoms with Crippen LogP contribution in [0.1, 0.15) is 44.1 Å². The molecule has 1 aromatic heterocycles. The minimum Gasteiger partial charge on any atom is -0.480 e. The molecule has 4 unspecified atom stereocenters. The lowest BCUT2D eigenvalue weighted by Crippen LogP contribution is -2.57. The highest BCUT2D eigenvalue weighted by molar-refractivity contribution is 5.95. The predicted octanol–water partition coefficient (Wildman–Crippen LogP) is -0.913. The molecule has 13 heteroatoms. The van der Waals surface area contributed by atoms with Gasteiger partial charge in [-0.2, -0.15) is 0 Å². The average molecular weight is 544 g/mol. The molecule has 1 aliphatic heterocycles.